The van der Waals surface area contributed by atoms with E-state index in [0.717, 1.165) is 24.4 Å². The van der Waals surface area contributed by atoms with Crippen LogP contribution in [-0.4, -0.2) is 19.7 Å². The number of benzene rings is 2. The van der Waals surface area contributed by atoms with E-state index in [0.29, 0.717) is 5.69 Å². The van der Waals surface area contributed by atoms with Gasteiger partial charge in [0, 0.05) is 25.3 Å². The van der Waals surface area contributed by atoms with Crippen molar-refractivity contribution in [2.45, 2.75) is 26.4 Å². The third-order valence-corrected chi connectivity index (χ3v) is 3.38. The molecule has 0 aliphatic rings. The lowest BCUT2D eigenvalue weighted by Crippen LogP contribution is -2.20. The van der Waals surface area contributed by atoms with Gasteiger partial charge in [0.2, 0.25) is 0 Å². The van der Waals surface area contributed by atoms with Crippen molar-refractivity contribution >= 4 is 11.4 Å². The van der Waals surface area contributed by atoms with E-state index in [9.17, 15) is 0 Å². The number of hydrogen-bond acceptors (Lipinski definition) is 3. The summed E-state index contributed by atoms with van der Waals surface area (Å²) in [5.74, 6) is 0.758. The summed E-state index contributed by atoms with van der Waals surface area (Å²) in [6.07, 6.45) is 1.14. The second kappa shape index (κ2) is 7.02. The smallest absolute Gasteiger partial charge is 0.144 e. The van der Waals surface area contributed by atoms with E-state index < -0.39 is 0 Å². The Hall–Kier alpha value is -2.16. The third-order valence-electron chi connectivity index (χ3n) is 3.38. The van der Waals surface area contributed by atoms with Crippen LogP contribution in [0, 0.1) is 0 Å². The number of likely N-dealkylation sites (N-methyl/N-ethyl adjacent to an activating group) is 1. The molecule has 0 saturated heterocycles. The lowest BCUT2D eigenvalue weighted by atomic mass is 10.1. The molecule has 0 aliphatic heterocycles. The van der Waals surface area contributed by atoms with Gasteiger partial charge in [0.05, 0.1) is 11.8 Å². The third kappa shape index (κ3) is 4.42. The second-order valence-corrected chi connectivity index (χ2v) is 5.55. The fourth-order valence-corrected chi connectivity index (χ4v) is 2.19. The van der Waals surface area contributed by atoms with E-state index in [1.165, 1.54) is 5.56 Å². The molecule has 0 fully saturated rings. The van der Waals surface area contributed by atoms with Crippen LogP contribution in [0.4, 0.5) is 11.4 Å². The minimum absolute atomic E-state index is 0.122. The minimum Gasteiger partial charge on any atom is -0.489 e. The van der Waals surface area contributed by atoms with Gasteiger partial charge in [0.25, 0.3) is 0 Å². The second-order valence-electron chi connectivity index (χ2n) is 5.55. The monoisotopic (exact) mass is 284 g/mol. The normalized spacial score (nSPS) is 10.7. The van der Waals surface area contributed by atoms with Crippen molar-refractivity contribution in [2.75, 3.05) is 24.2 Å². The average Bonchev–Trinajstić information content (AvgIpc) is 2.47. The standard InChI is InChI=1S/C18H24N2O/c1-14(2)21-18-13-16(9-10-17(18)19)20(3)12-11-15-7-5-4-6-8-15/h4-10,13-14H,11-12,19H2,1-3H3. The Bertz CT molecular complexity index is 567. The first kappa shape index (κ1) is 15.2. The van der Waals surface area contributed by atoms with Crippen LogP contribution < -0.4 is 15.4 Å². The van der Waals surface area contributed by atoms with E-state index in [-0.39, 0.29) is 6.10 Å². The molecule has 0 amide bonds. The van der Waals surface area contributed by atoms with Gasteiger partial charge in [-0.15, -0.1) is 0 Å². The summed E-state index contributed by atoms with van der Waals surface area (Å²) in [5, 5.41) is 0. The highest BCUT2D eigenvalue weighted by molar-refractivity contribution is 5.62. The predicted molar refractivity (Wildman–Crippen MR) is 90.0 cm³/mol. The molecule has 0 spiro atoms. The van der Waals surface area contributed by atoms with Crippen molar-refractivity contribution in [1.29, 1.82) is 0 Å². The molecule has 0 radical (unpaired) electrons. The Morgan fingerprint density at radius 2 is 1.81 bits per heavy atom. The van der Waals surface area contributed by atoms with E-state index >= 15 is 0 Å². The molecule has 112 valence electrons. The summed E-state index contributed by atoms with van der Waals surface area (Å²) in [4.78, 5) is 2.22. The Morgan fingerprint density at radius 1 is 1.10 bits per heavy atom. The average molecular weight is 284 g/mol. The Morgan fingerprint density at radius 3 is 2.48 bits per heavy atom. The van der Waals surface area contributed by atoms with Crippen LogP contribution in [-0.2, 0) is 6.42 Å². The van der Waals surface area contributed by atoms with Crippen molar-refractivity contribution in [3.63, 3.8) is 0 Å². The number of ether oxygens (including phenoxy) is 1. The number of anilines is 2. The zero-order valence-electron chi connectivity index (χ0n) is 13.0. The molecule has 0 heterocycles. The molecular formula is C18H24N2O. The van der Waals surface area contributed by atoms with Crippen LogP contribution in [0.1, 0.15) is 19.4 Å². The maximum absolute atomic E-state index is 5.96. The van der Waals surface area contributed by atoms with E-state index in [4.69, 9.17) is 10.5 Å². The minimum atomic E-state index is 0.122. The molecule has 2 rings (SSSR count). The first-order valence-electron chi connectivity index (χ1n) is 7.37. The Labute approximate surface area is 127 Å². The fraction of sp³-hybridized carbons (Fsp3) is 0.333. The highest BCUT2D eigenvalue weighted by Crippen LogP contribution is 2.28. The van der Waals surface area contributed by atoms with Gasteiger partial charge in [-0.1, -0.05) is 30.3 Å². The molecule has 0 unspecified atom stereocenters. The molecule has 3 nitrogen and oxygen atoms in total. The van der Waals surface area contributed by atoms with Crippen LogP contribution in [0.5, 0.6) is 5.75 Å². The van der Waals surface area contributed by atoms with E-state index in [1.54, 1.807) is 0 Å². The Balaban J connectivity index is 2.03. The highest BCUT2D eigenvalue weighted by Gasteiger charge is 2.07. The van der Waals surface area contributed by atoms with Crippen LogP contribution in [0.15, 0.2) is 48.5 Å². The molecule has 2 aromatic rings. The van der Waals surface area contributed by atoms with Gasteiger partial charge in [-0.25, -0.2) is 0 Å². The van der Waals surface area contributed by atoms with Crippen LogP contribution in [0.25, 0.3) is 0 Å². The summed E-state index contributed by atoms with van der Waals surface area (Å²) in [5.41, 5.74) is 9.11. The fourth-order valence-electron chi connectivity index (χ4n) is 2.19. The van der Waals surface area contributed by atoms with Gasteiger partial charge in [-0.05, 0) is 38.0 Å². The SMILES string of the molecule is CC(C)Oc1cc(N(C)CCc2ccccc2)ccc1N. The largest absolute Gasteiger partial charge is 0.489 e. The van der Waals surface area contributed by atoms with Crippen molar-refractivity contribution in [2.24, 2.45) is 0 Å². The first-order valence-corrected chi connectivity index (χ1v) is 7.37. The van der Waals surface area contributed by atoms with Gasteiger partial charge in [-0.3, -0.25) is 0 Å². The van der Waals surface area contributed by atoms with E-state index in [2.05, 4.69) is 36.2 Å². The lowest BCUT2D eigenvalue weighted by Gasteiger charge is -2.21. The van der Waals surface area contributed by atoms with E-state index in [1.807, 2.05) is 38.1 Å². The van der Waals surface area contributed by atoms with Gasteiger partial charge in [0.1, 0.15) is 5.75 Å². The van der Waals surface area contributed by atoms with Gasteiger partial charge >= 0.3 is 0 Å². The van der Waals surface area contributed by atoms with Crippen molar-refractivity contribution in [3.05, 3.63) is 54.1 Å². The van der Waals surface area contributed by atoms with Crippen molar-refractivity contribution in [3.8, 4) is 5.75 Å². The number of nitrogen functional groups attached to an aromatic ring is 1. The Kier molecular flexibility index (Phi) is 5.09. The molecule has 3 heteroatoms. The molecule has 0 bridgehead atoms. The van der Waals surface area contributed by atoms with Gasteiger partial charge < -0.3 is 15.4 Å². The summed E-state index contributed by atoms with van der Waals surface area (Å²) in [6, 6.07) is 16.5. The van der Waals surface area contributed by atoms with Crippen molar-refractivity contribution < 1.29 is 4.74 Å². The van der Waals surface area contributed by atoms with Crippen LogP contribution in [0.2, 0.25) is 0 Å². The van der Waals surface area contributed by atoms with Gasteiger partial charge in [0.15, 0.2) is 0 Å². The van der Waals surface area contributed by atoms with Crippen molar-refractivity contribution in [1.82, 2.24) is 0 Å². The molecule has 21 heavy (non-hydrogen) atoms. The highest BCUT2D eigenvalue weighted by atomic mass is 16.5. The van der Waals surface area contributed by atoms with Crippen LogP contribution >= 0.6 is 0 Å². The van der Waals surface area contributed by atoms with Gasteiger partial charge in [-0.2, -0.15) is 0 Å². The predicted octanol–water partition coefficient (Wildman–Crippen LogP) is 3.73. The maximum Gasteiger partial charge on any atom is 0.144 e. The first-order chi connectivity index (χ1) is 10.1. The number of hydrogen-bond donors (Lipinski definition) is 1. The summed E-state index contributed by atoms with van der Waals surface area (Å²) < 4.78 is 5.75. The number of nitrogens with two attached hydrogens (primary N) is 1. The lowest BCUT2D eigenvalue weighted by molar-refractivity contribution is 0.244. The number of rotatable bonds is 6. The maximum atomic E-state index is 5.96. The topological polar surface area (TPSA) is 38.5 Å². The molecule has 0 saturated carbocycles. The zero-order valence-corrected chi connectivity index (χ0v) is 13.0. The summed E-state index contributed by atoms with van der Waals surface area (Å²) >= 11 is 0. The molecule has 2 N–H and O–H groups in total. The quantitative estimate of drug-likeness (QED) is 0.821. The molecule has 0 aliphatic carbocycles. The molecule has 0 atom stereocenters. The molecule has 2 aromatic carbocycles. The summed E-state index contributed by atoms with van der Waals surface area (Å²) in [7, 11) is 2.09. The molecule has 0 aromatic heterocycles. The zero-order chi connectivity index (χ0) is 15.2. The number of nitrogens with zero attached hydrogens (tertiary/aromatic N) is 1. The van der Waals surface area contributed by atoms with Crippen LogP contribution in [0.3, 0.4) is 0 Å². The summed E-state index contributed by atoms with van der Waals surface area (Å²) in [6.45, 7) is 4.96. The molecular weight excluding hydrogens is 260 g/mol.